The zero-order chi connectivity index (χ0) is 9.30. The lowest BCUT2D eigenvalue weighted by atomic mass is 10.3. The molecular formula is C6H2BrF4N. The van der Waals surface area contributed by atoms with Crippen LogP contribution in [0.4, 0.5) is 17.6 Å². The maximum absolute atomic E-state index is 12.5. The number of aromatic nitrogens is 1. The Labute approximate surface area is 73.5 Å². The Morgan fingerprint density at radius 1 is 1.33 bits per heavy atom. The van der Waals surface area contributed by atoms with E-state index in [4.69, 9.17) is 0 Å². The number of hydrogen-bond donors (Lipinski definition) is 0. The third-order valence-corrected chi connectivity index (χ3v) is 1.52. The van der Waals surface area contributed by atoms with E-state index < -0.39 is 23.8 Å². The lowest BCUT2D eigenvalue weighted by molar-refractivity contribution is 0.139. The summed E-state index contributed by atoms with van der Waals surface area (Å²) < 4.78 is 48.6. The van der Waals surface area contributed by atoms with Crippen molar-refractivity contribution in [3.05, 3.63) is 28.0 Å². The van der Waals surface area contributed by atoms with Gasteiger partial charge in [-0.2, -0.15) is 0 Å². The van der Waals surface area contributed by atoms with Crippen LogP contribution in [0.2, 0.25) is 0 Å². The summed E-state index contributed by atoms with van der Waals surface area (Å²) in [5.41, 5.74) is -1.18. The van der Waals surface area contributed by atoms with Crippen LogP contribution < -0.4 is 0 Å². The molecule has 1 rings (SSSR count). The predicted octanol–water partition coefficient (Wildman–Crippen LogP) is 3.06. The van der Waals surface area contributed by atoms with Gasteiger partial charge in [0.15, 0.2) is 11.6 Å². The fourth-order valence-electron chi connectivity index (χ4n) is 0.631. The summed E-state index contributed by atoms with van der Waals surface area (Å²) in [6.45, 7) is 0. The summed E-state index contributed by atoms with van der Waals surface area (Å²) in [5, 5.41) is 0. The largest absolute Gasteiger partial charge is 0.283 e. The van der Waals surface area contributed by atoms with Crippen LogP contribution in [-0.4, -0.2) is 4.98 Å². The summed E-state index contributed by atoms with van der Waals surface area (Å²) in [7, 11) is 0. The quantitative estimate of drug-likeness (QED) is 0.546. The van der Waals surface area contributed by atoms with Crippen LogP contribution >= 0.6 is 15.9 Å². The molecule has 66 valence electrons. The van der Waals surface area contributed by atoms with E-state index in [1.807, 2.05) is 0 Å². The Balaban J connectivity index is 3.28. The van der Waals surface area contributed by atoms with Crippen LogP contribution in [-0.2, 0) is 0 Å². The van der Waals surface area contributed by atoms with Gasteiger partial charge in [0, 0.05) is 6.07 Å². The van der Waals surface area contributed by atoms with E-state index >= 15 is 0 Å². The van der Waals surface area contributed by atoms with Crippen molar-refractivity contribution < 1.29 is 17.6 Å². The molecule has 0 spiro atoms. The number of alkyl halides is 2. The molecule has 1 aromatic heterocycles. The molecule has 0 fully saturated rings. The highest BCUT2D eigenvalue weighted by molar-refractivity contribution is 9.10. The van der Waals surface area contributed by atoms with Crippen LogP contribution in [0.3, 0.4) is 0 Å². The first kappa shape index (κ1) is 9.44. The minimum Gasteiger partial charge on any atom is -0.237 e. The van der Waals surface area contributed by atoms with E-state index in [2.05, 4.69) is 20.9 Å². The first-order valence-corrected chi connectivity index (χ1v) is 3.61. The molecule has 1 nitrogen and oxygen atoms in total. The zero-order valence-electron chi connectivity index (χ0n) is 5.49. The molecule has 0 amide bonds. The number of pyridine rings is 1. The normalized spacial score (nSPS) is 10.8. The Morgan fingerprint density at radius 3 is 2.42 bits per heavy atom. The topological polar surface area (TPSA) is 12.9 Å². The van der Waals surface area contributed by atoms with Gasteiger partial charge >= 0.3 is 0 Å². The third-order valence-electron chi connectivity index (χ3n) is 1.11. The summed E-state index contributed by atoms with van der Waals surface area (Å²) in [6, 6.07) is 0.682. The number of nitrogens with zero attached hydrogens (tertiary/aromatic N) is 1. The second-order valence-electron chi connectivity index (χ2n) is 1.93. The van der Waals surface area contributed by atoms with Crippen molar-refractivity contribution in [1.29, 1.82) is 0 Å². The van der Waals surface area contributed by atoms with Gasteiger partial charge in [0.1, 0.15) is 10.3 Å². The van der Waals surface area contributed by atoms with Crippen molar-refractivity contribution in [1.82, 2.24) is 4.98 Å². The molecule has 1 aromatic rings. The van der Waals surface area contributed by atoms with Crippen molar-refractivity contribution in [3.8, 4) is 0 Å². The Morgan fingerprint density at radius 2 is 1.92 bits per heavy atom. The van der Waals surface area contributed by atoms with Crippen LogP contribution in [0.5, 0.6) is 0 Å². The molecule has 0 saturated heterocycles. The highest BCUT2D eigenvalue weighted by atomic mass is 79.9. The van der Waals surface area contributed by atoms with Gasteiger partial charge < -0.3 is 0 Å². The summed E-state index contributed by atoms with van der Waals surface area (Å²) >= 11 is 2.66. The highest BCUT2D eigenvalue weighted by Gasteiger charge is 2.19. The Bertz CT molecular complexity index is 302. The molecular weight excluding hydrogens is 242 g/mol. The number of hydrogen-bond acceptors (Lipinski definition) is 1. The summed E-state index contributed by atoms with van der Waals surface area (Å²) in [6.07, 6.45) is -3.11. The van der Waals surface area contributed by atoms with Crippen LogP contribution in [0.1, 0.15) is 12.1 Å². The fraction of sp³-hybridized carbons (Fsp3) is 0.167. The molecule has 0 aliphatic carbocycles. The van der Waals surface area contributed by atoms with E-state index in [-0.39, 0.29) is 4.60 Å². The molecule has 0 N–H and O–H groups in total. The van der Waals surface area contributed by atoms with Gasteiger partial charge in [-0.05, 0) is 15.9 Å². The van der Waals surface area contributed by atoms with E-state index in [1.54, 1.807) is 0 Å². The molecule has 0 unspecified atom stereocenters. The van der Waals surface area contributed by atoms with E-state index in [0.29, 0.717) is 6.07 Å². The third kappa shape index (κ3) is 1.74. The van der Waals surface area contributed by atoms with Gasteiger partial charge in [0.25, 0.3) is 6.43 Å². The lowest BCUT2D eigenvalue weighted by Crippen LogP contribution is -1.99. The van der Waals surface area contributed by atoms with Gasteiger partial charge in [0.2, 0.25) is 0 Å². The highest BCUT2D eigenvalue weighted by Crippen LogP contribution is 2.23. The van der Waals surface area contributed by atoms with Crippen LogP contribution in [0, 0.1) is 11.6 Å². The van der Waals surface area contributed by atoms with Crippen molar-refractivity contribution in [2.24, 2.45) is 0 Å². The fourth-order valence-corrected chi connectivity index (χ4v) is 1.02. The minimum absolute atomic E-state index is 0.156. The summed E-state index contributed by atoms with van der Waals surface area (Å²) in [5.74, 6) is -2.94. The van der Waals surface area contributed by atoms with E-state index in [1.165, 1.54) is 0 Å². The molecule has 0 bridgehead atoms. The zero-order valence-corrected chi connectivity index (χ0v) is 7.08. The maximum Gasteiger partial charge on any atom is 0.283 e. The van der Waals surface area contributed by atoms with E-state index in [0.717, 1.165) is 0 Å². The number of rotatable bonds is 1. The number of halogens is 5. The van der Waals surface area contributed by atoms with Crippen molar-refractivity contribution in [3.63, 3.8) is 0 Å². The molecule has 0 aliphatic heterocycles. The van der Waals surface area contributed by atoms with Crippen molar-refractivity contribution in [2.45, 2.75) is 6.43 Å². The van der Waals surface area contributed by atoms with Gasteiger partial charge in [-0.1, -0.05) is 0 Å². The first-order valence-electron chi connectivity index (χ1n) is 2.82. The van der Waals surface area contributed by atoms with Gasteiger partial charge in [-0.25, -0.2) is 22.5 Å². The van der Waals surface area contributed by atoms with Crippen LogP contribution in [0.25, 0.3) is 0 Å². The molecule has 0 aromatic carbocycles. The van der Waals surface area contributed by atoms with Gasteiger partial charge in [-0.15, -0.1) is 0 Å². The second kappa shape index (κ2) is 3.38. The monoisotopic (exact) mass is 243 g/mol. The molecule has 0 radical (unpaired) electrons. The lowest BCUT2D eigenvalue weighted by Gasteiger charge is -2.01. The molecule has 1 heterocycles. The molecule has 0 aliphatic rings. The van der Waals surface area contributed by atoms with Crippen LogP contribution in [0.15, 0.2) is 10.7 Å². The second-order valence-corrected chi connectivity index (χ2v) is 2.74. The Hall–Kier alpha value is -0.650. The molecule has 6 heteroatoms. The van der Waals surface area contributed by atoms with Gasteiger partial charge in [0.05, 0.1) is 0 Å². The molecule has 0 saturated carbocycles. The minimum atomic E-state index is -3.11. The maximum atomic E-state index is 12.5. The SMILES string of the molecule is Fc1cc(Br)nc(C(F)F)c1F. The molecule has 0 atom stereocenters. The Kier molecular flexibility index (Phi) is 2.66. The first-order chi connectivity index (χ1) is 5.52. The molecule has 12 heavy (non-hydrogen) atoms. The average Bonchev–Trinajstić information content (AvgIpc) is 1.96. The predicted molar refractivity (Wildman–Crippen MR) is 36.8 cm³/mol. The smallest absolute Gasteiger partial charge is 0.237 e. The van der Waals surface area contributed by atoms with Crippen molar-refractivity contribution in [2.75, 3.05) is 0 Å². The van der Waals surface area contributed by atoms with E-state index in [9.17, 15) is 17.6 Å². The standard InChI is InChI=1S/C6H2BrF4N/c7-3-1-2(8)4(9)5(12-3)6(10)11/h1,6H. The summed E-state index contributed by atoms with van der Waals surface area (Å²) in [4.78, 5) is 3.08. The van der Waals surface area contributed by atoms with Gasteiger partial charge in [-0.3, -0.25) is 0 Å². The van der Waals surface area contributed by atoms with Crippen molar-refractivity contribution >= 4 is 15.9 Å². The average molecular weight is 244 g/mol.